The molecule has 1 aliphatic heterocycles. The van der Waals surface area contributed by atoms with Gasteiger partial charge in [-0.05, 0) is 64.0 Å². The van der Waals surface area contributed by atoms with Gasteiger partial charge in [0.1, 0.15) is 11.3 Å². The van der Waals surface area contributed by atoms with Gasteiger partial charge in [0.15, 0.2) is 5.65 Å². The Bertz CT molecular complexity index is 1360. The number of pyridine rings is 1. The fourth-order valence-electron chi connectivity index (χ4n) is 5.54. The van der Waals surface area contributed by atoms with Gasteiger partial charge >= 0.3 is 0 Å². The lowest BCUT2D eigenvalue weighted by Crippen LogP contribution is -2.26. The molecule has 3 fully saturated rings. The van der Waals surface area contributed by atoms with Crippen molar-refractivity contribution in [3.63, 3.8) is 0 Å². The number of aromatic nitrogens is 5. The van der Waals surface area contributed by atoms with Gasteiger partial charge in [0.25, 0.3) is 5.56 Å². The number of ether oxygens (including phenoxy) is 1. The van der Waals surface area contributed by atoms with E-state index in [1.54, 1.807) is 6.07 Å². The molecular formula is C27H31F2N5O2. The molecule has 2 atom stereocenters. The van der Waals surface area contributed by atoms with E-state index in [2.05, 4.69) is 0 Å². The molecule has 0 amide bonds. The summed E-state index contributed by atoms with van der Waals surface area (Å²) in [5.74, 6) is -1.95. The Morgan fingerprint density at radius 3 is 2.44 bits per heavy atom. The fraction of sp³-hybridized carbons (Fsp3) is 0.593. The number of aryl methyl sites for hydroxylation is 2. The van der Waals surface area contributed by atoms with Gasteiger partial charge < -0.3 is 9.30 Å². The van der Waals surface area contributed by atoms with E-state index in [9.17, 15) is 13.6 Å². The molecule has 0 N–H and O–H groups in total. The Kier molecular flexibility index (Phi) is 5.85. The molecule has 9 heteroatoms. The molecule has 4 heterocycles. The molecule has 2 aliphatic carbocycles. The Morgan fingerprint density at radius 1 is 0.944 bits per heavy atom. The molecule has 0 bridgehead atoms. The predicted octanol–water partition coefficient (Wildman–Crippen LogP) is 5.46. The van der Waals surface area contributed by atoms with Gasteiger partial charge in [0.05, 0.1) is 23.2 Å². The summed E-state index contributed by atoms with van der Waals surface area (Å²) in [7, 11) is 0. The van der Waals surface area contributed by atoms with E-state index in [0.717, 1.165) is 41.9 Å². The largest absolute Gasteiger partial charge is 0.373 e. The summed E-state index contributed by atoms with van der Waals surface area (Å²) in [5, 5.41) is 0. The smallest absolute Gasteiger partial charge is 0.250 e. The summed E-state index contributed by atoms with van der Waals surface area (Å²) in [6, 6.07) is 3.79. The van der Waals surface area contributed by atoms with E-state index < -0.39 is 5.92 Å². The van der Waals surface area contributed by atoms with E-state index in [4.69, 9.17) is 24.7 Å². The average Bonchev–Trinajstić information content (AvgIpc) is 3.70. The molecule has 36 heavy (non-hydrogen) atoms. The third-order valence-electron chi connectivity index (χ3n) is 8.01. The van der Waals surface area contributed by atoms with Crippen molar-refractivity contribution in [2.75, 3.05) is 6.61 Å². The van der Waals surface area contributed by atoms with Crippen LogP contribution in [0.5, 0.6) is 0 Å². The number of halogens is 2. The van der Waals surface area contributed by atoms with Crippen molar-refractivity contribution in [1.82, 2.24) is 24.5 Å². The van der Waals surface area contributed by atoms with E-state index in [0.29, 0.717) is 48.9 Å². The topological polar surface area (TPSA) is 82.8 Å². The second-order valence-corrected chi connectivity index (χ2v) is 10.7. The number of rotatable bonds is 4. The van der Waals surface area contributed by atoms with Gasteiger partial charge in [0, 0.05) is 49.6 Å². The van der Waals surface area contributed by atoms with E-state index in [-0.39, 0.29) is 36.3 Å². The van der Waals surface area contributed by atoms with Crippen molar-refractivity contribution >= 4 is 11.2 Å². The minimum atomic E-state index is -2.61. The van der Waals surface area contributed by atoms with Crippen LogP contribution in [-0.4, -0.2) is 37.0 Å². The standard InChI is InChI=1S/C27H31F2N5O2/c1-15-16(2)31-26-24(30-15)23(17-7-10-27(28,29)11-8-17)32-25(33-26)18-9-12-36-21(13-18)19-3-6-22(35)34(14-19)20-4-5-20/h3,6,14,17-18,20-21H,4-5,7-13H2,1-2H3. The van der Waals surface area contributed by atoms with E-state index in [1.807, 2.05) is 30.7 Å². The zero-order chi connectivity index (χ0) is 25.0. The van der Waals surface area contributed by atoms with Crippen molar-refractivity contribution in [2.24, 2.45) is 0 Å². The molecule has 7 nitrogen and oxygen atoms in total. The number of hydrogen-bond acceptors (Lipinski definition) is 6. The molecule has 1 saturated heterocycles. The Labute approximate surface area is 208 Å². The zero-order valence-corrected chi connectivity index (χ0v) is 20.7. The maximum absolute atomic E-state index is 13.9. The number of hydrogen-bond donors (Lipinski definition) is 0. The van der Waals surface area contributed by atoms with Gasteiger partial charge in [0.2, 0.25) is 5.92 Å². The third kappa shape index (κ3) is 4.53. The second kappa shape index (κ2) is 8.94. The number of alkyl halides is 2. The first-order valence-corrected chi connectivity index (χ1v) is 13.0. The van der Waals surface area contributed by atoms with Crippen molar-refractivity contribution < 1.29 is 13.5 Å². The predicted molar refractivity (Wildman–Crippen MR) is 130 cm³/mol. The molecule has 2 unspecified atom stereocenters. The second-order valence-electron chi connectivity index (χ2n) is 10.7. The molecule has 0 spiro atoms. The van der Waals surface area contributed by atoms with Gasteiger partial charge in [-0.1, -0.05) is 0 Å². The zero-order valence-electron chi connectivity index (χ0n) is 20.7. The molecule has 0 radical (unpaired) electrons. The van der Waals surface area contributed by atoms with Crippen LogP contribution in [0.1, 0.15) is 104 Å². The van der Waals surface area contributed by atoms with Crippen LogP contribution in [0.25, 0.3) is 11.2 Å². The lowest BCUT2D eigenvalue weighted by molar-refractivity contribution is -0.0384. The van der Waals surface area contributed by atoms with Crippen LogP contribution in [0.3, 0.4) is 0 Å². The lowest BCUT2D eigenvalue weighted by atomic mass is 9.84. The van der Waals surface area contributed by atoms with Crippen molar-refractivity contribution in [3.05, 3.63) is 57.2 Å². The van der Waals surface area contributed by atoms with E-state index >= 15 is 0 Å². The van der Waals surface area contributed by atoms with Crippen LogP contribution < -0.4 is 5.56 Å². The highest BCUT2D eigenvalue weighted by molar-refractivity contribution is 5.73. The van der Waals surface area contributed by atoms with Gasteiger partial charge in [-0.15, -0.1) is 0 Å². The normalized spacial score (nSPS) is 24.8. The summed E-state index contributed by atoms with van der Waals surface area (Å²) in [5.41, 5.74) is 4.56. The monoisotopic (exact) mass is 495 g/mol. The van der Waals surface area contributed by atoms with Gasteiger partial charge in [-0.3, -0.25) is 4.79 Å². The van der Waals surface area contributed by atoms with Crippen LogP contribution in [-0.2, 0) is 4.74 Å². The SMILES string of the molecule is Cc1nc2nc(C3CCOC(c4ccc(=O)n(C5CC5)c4)C3)nc(C3CCC(F)(F)CC3)c2nc1C. The first kappa shape index (κ1) is 23.6. The third-order valence-corrected chi connectivity index (χ3v) is 8.01. The molecular weight excluding hydrogens is 464 g/mol. The van der Waals surface area contributed by atoms with Crippen LogP contribution in [0, 0.1) is 13.8 Å². The number of nitrogens with zero attached hydrogens (tertiary/aromatic N) is 5. The van der Waals surface area contributed by atoms with Crippen molar-refractivity contribution in [2.45, 2.75) is 95.1 Å². The first-order chi connectivity index (χ1) is 17.3. The number of fused-ring (bicyclic) bond motifs is 1. The van der Waals surface area contributed by atoms with Crippen LogP contribution in [0.4, 0.5) is 8.78 Å². The molecule has 6 rings (SSSR count). The molecule has 0 aromatic carbocycles. The Morgan fingerprint density at radius 2 is 1.69 bits per heavy atom. The van der Waals surface area contributed by atoms with Crippen LogP contribution >= 0.6 is 0 Å². The highest BCUT2D eigenvalue weighted by Crippen LogP contribution is 2.43. The Balaban J connectivity index is 1.34. The molecule has 3 aromatic heterocycles. The maximum atomic E-state index is 13.9. The minimum absolute atomic E-state index is 0.0263. The summed E-state index contributed by atoms with van der Waals surface area (Å²) in [4.78, 5) is 31.6. The van der Waals surface area contributed by atoms with Crippen LogP contribution in [0.15, 0.2) is 23.1 Å². The lowest BCUT2D eigenvalue weighted by Gasteiger charge is -2.31. The summed E-state index contributed by atoms with van der Waals surface area (Å²) in [6.45, 7) is 4.37. The van der Waals surface area contributed by atoms with Crippen molar-refractivity contribution in [1.29, 1.82) is 0 Å². The van der Waals surface area contributed by atoms with Gasteiger partial charge in [-0.25, -0.2) is 28.7 Å². The summed E-state index contributed by atoms with van der Waals surface area (Å²) in [6.07, 6.45) is 5.82. The molecule has 3 aliphatic rings. The minimum Gasteiger partial charge on any atom is -0.373 e. The molecule has 2 saturated carbocycles. The molecule has 190 valence electrons. The Hall–Kier alpha value is -2.81. The highest BCUT2D eigenvalue weighted by Gasteiger charge is 2.37. The highest BCUT2D eigenvalue weighted by atomic mass is 19.3. The average molecular weight is 496 g/mol. The van der Waals surface area contributed by atoms with Crippen molar-refractivity contribution in [3.8, 4) is 0 Å². The first-order valence-electron chi connectivity index (χ1n) is 13.0. The maximum Gasteiger partial charge on any atom is 0.250 e. The van der Waals surface area contributed by atoms with Gasteiger partial charge in [-0.2, -0.15) is 0 Å². The van der Waals surface area contributed by atoms with E-state index in [1.165, 1.54) is 0 Å². The fourth-order valence-corrected chi connectivity index (χ4v) is 5.54. The summed E-state index contributed by atoms with van der Waals surface area (Å²) < 4.78 is 35.8. The molecule has 3 aromatic rings. The quantitative estimate of drug-likeness (QED) is 0.478. The summed E-state index contributed by atoms with van der Waals surface area (Å²) >= 11 is 0. The van der Waals surface area contributed by atoms with Crippen LogP contribution in [0.2, 0.25) is 0 Å².